The summed E-state index contributed by atoms with van der Waals surface area (Å²) in [6.45, 7) is 6.89. The fraction of sp³-hybridized carbons (Fsp3) is 0.682. The van der Waals surface area contributed by atoms with Gasteiger partial charge in [-0.25, -0.2) is 4.79 Å². The van der Waals surface area contributed by atoms with Crippen LogP contribution < -0.4 is 15.5 Å². The van der Waals surface area contributed by atoms with Crippen LogP contribution in [0.3, 0.4) is 0 Å². The molecule has 0 spiro atoms. The predicted octanol–water partition coefficient (Wildman–Crippen LogP) is 1.86. The Morgan fingerprint density at radius 3 is 2.61 bits per heavy atom. The van der Waals surface area contributed by atoms with Crippen molar-refractivity contribution in [1.82, 2.24) is 20.4 Å². The first-order valence-electron chi connectivity index (χ1n) is 10.9. The monoisotopic (exact) mass is 383 g/mol. The van der Waals surface area contributed by atoms with Gasteiger partial charge < -0.3 is 20.4 Å². The van der Waals surface area contributed by atoms with Gasteiger partial charge in [0.05, 0.1) is 0 Å². The molecule has 3 heterocycles. The summed E-state index contributed by atoms with van der Waals surface area (Å²) >= 11 is 0. The van der Waals surface area contributed by atoms with Crippen LogP contribution in [0.1, 0.15) is 31.2 Å². The smallest absolute Gasteiger partial charge is 0.315 e. The molecule has 2 aliphatic carbocycles. The summed E-state index contributed by atoms with van der Waals surface area (Å²) in [5.74, 6) is 0.876. The second-order valence-corrected chi connectivity index (χ2v) is 9.34. The van der Waals surface area contributed by atoms with Crippen LogP contribution >= 0.6 is 0 Å². The van der Waals surface area contributed by atoms with E-state index in [1.807, 2.05) is 0 Å². The lowest BCUT2D eigenvalue weighted by atomic mass is 9.73. The molecule has 5 aliphatic rings. The van der Waals surface area contributed by atoms with Crippen molar-refractivity contribution in [3.05, 3.63) is 29.8 Å². The number of fused-ring (bicyclic) bond motifs is 1. The van der Waals surface area contributed by atoms with Crippen molar-refractivity contribution in [2.24, 2.45) is 5.92 Å². The topological polar surface area (TPSA) is 50.9 Å². The lowest BCUT2D eigenvalue weighted by Gasteiger charge is -2.42. The number of carbonyl (C=O) groups is 1. The minimum absolute atomic E-state index is 0.0337. The number of likely N-dealkylation sites (N-methyl/N-ethyl adjacent to an activating group) is 1. The Morgan fingerprint density at radius 1 is 1.11 bits per heavy atom. The average Bonchev–Trinajstić information content (AvgIpc) is 3.38. The van der Waals surface area contributed by atoms with Crippen LogP contribution in [0.25, 0.3) is 0 Å². The van der Waals surface area contributed by atoms with E-state index in [2.05, 4.69) is 56.6 Å². The molecule has 28 heavy (non-hydrogen) atoms. The Bertz CT molecular complexity index is 719. The number of piperazine rings is 1. The highest BCUT2D eigenvalue weighted by Gasteiger charge is 2.59. The summed E-state index contributed by atoms with van der Waals surface area (Å²) in [6, 6.07) is 9.24. The van der Waals surface area contributed by atoms with Crippen LogP contribution in [0.4, 0.5) is 10.5 Å². The summed E-state index contributed by atoms with van der Waals surface area (Å²) in [6.07, 6.45) is 5.25. The van der Waals surface area contributed by atoms with Gasteiger partial charge in [-0.15, -0.1) is 0 Å². The fourth-order valence-corrected chi connectivity index (χ4v) is 5.52. The van der Waals surface area contributed by atoms with E-state index in [0.29, 0.717) is 6.54 Å². The molecule has 2 N–H and O–H groups in total. The highest BCUT2D eigenvalue weighted by Crippen LogP contribution is 2.54. The zero-order valence-electron chi connectivity index (χ0n) is 17.0. The molecule has 5 fully saturated rings. The Kier molecular flexibility index (Phi) is 4.71. The molecule has 6 heteroatoms. The number of anilines is 1. The van der Waals surface area contributed by atoms with Gasteiger partial charge in [0.1, 0.15) is 0 Å². The largest absolute Gasteiger partial charge is 0.369 e. The maximum atomic E-state index is 12.5. The standard InChI is InChI=1S/C22H33N5O/c1-25-8-10-26(11-9-25)20-5-3-2-4-18(20)14-23-21(28)24-16-22-12-17(13-22)15-27(22)19-6-7-19/h2-5,17,19H,6-16H2,1H3,(H2,23,24,28). The van der Waals surface area contributed by atoms with Crippen molar-refractivity contribution < 1.29 is 4.79 Å². The van der Waals surface area contributed by atoms with Crippen molar-refractivity contribution in [3.8, 4) is 0 Å². The minimum Gasteiger partial charge on any atom is -0.369 e. The summed E-state index contributed by atoms with van der Waals surface area (Å²) in [7, 11) is 2.17. The first-order valence-corrected chi connectivity index (χ1v) is 10.9. The molecule has 2 saturated carbocycles. The van der Waals surface area contributed by atoms with Gasteiger partial charge in [-0.05, 0) is 50.3 Å². The van der Waals surface area contributed by atoms with E-state index in [9.17, 15) is 4.79 Å². The molecule has 0 unspecified atom stereocenters. The van der Waals surface area contributed by atoms with Gasteiger partial charge in [0.25, 0.3) is 0 Å². The fourth-order valence-electron chi connectivity index (χ4n) is 5.52. The van der Waals surface area contributed by atoms with Gasteiger partial charge >= 0.3 is 6.03 Å². The second kappa shape index (κ2) is 7.23. The summed E-state index contributed by atoms with van der Waals surface area (Å²) in [5.41, 5.74) is 2.72. The lowest BCUT2D eigenvalue weighted by Crippen LogP contribution is -2.55. The molecule has 0 atom stereocenters. The van der Waals surface area contributed by atoms with Gasteiger partial charge in [0.15, 0.2) is 0 Å². The number of hydrogen-bond donors (Lipinski definition) is 2. The van der Waals surface area contributed by atoms with Crippen molar-refractivity contribution in [3.63, 3.8) is 0 Å². The number of rotatable bonds is 6. The third kappa shape index (κ3) is 3.48. The van der Waals surface area contributed by atoms with E-state index in [-0.39, 0.29) is 11.6 Å². The van der Waals surface area contributed by atoms with Crippen molar-refractivity contribution >= 4 is 11.7 Å². The summed E-state index contributed by atoms with van der Waals surface area (Å²) in [4.78, 5) is 20.0. The summed E-state index contributed by atoms with van der Waals surface area (Å²) < 4.78 is 0. The molecule has 2 bridgehead atoms. The number of nitrogens with zero attached hydrogens (tertiary/aromatic N) is 3. The van der Waals surface area contributed by atoms with Gasteiger partial charge in [-0.2, -0.15) is 0 Å². The molecule has 6 nitrogen and oxygen atoms in total. The normalized spacial score (nSPS) is 30.2. The van der Waals surface area contributed by atoms with Crippen molar-refractivity contribution in [2.75, 3.05) is 51.2 Å². The Balaban J connectivity index is 1.14. The van der Waals surface area contributed by atoms with Crippen molar-refractivity contribution in [1.29, 1.82) is 0 Å². The zero-order valence-corrected chi connectivity index (χ0v) is 17.0. The lowest BCUT2D eigenvalue weighted by molar-refractivity contribution is 0.101. The molecular formula is C22H33N5O. The predicted molar refractivity (Wildman–Crippen MR) is 112 cm³/mol. The van der Waals surface area contributed by atoms with Gasteiger partial charge in [-0.3, -0.25) is 4.90 Å². The Labute approximate surface area is 168 Å². The van der Waals surface area contributed by atoms with Crippen LogP contribution in [0.15, 0.2) is 24.3 Å². The van der Waals surface area contributed by atoms with Crippen molar-refractivity contribution in [2.45, 2.75) is 43.8 Å². The number of amides is 2. The molecule has 6 rings (SSSR count). The number of benzene rings is 1. The molecule has 0 radical (unpaired) electrons. The van der Waals surface area contributed by atoms with Crippen LogP contribution in [-0.4, -0.2) is 73.7 Å². The summed E-state index contributed by atoms with van der Waals surface area (Å²) in [5, 5.41) is 6.28. The van der Waals surface area contributed by atoms with Gasteiger partial charge in [0, 0.05) is 63.1 Å². The average molecular weight is 384 g/mol. The van der Waals surface area contributed by atoms with Crippen LogP contribution in [0.2, 0.25) is 0 Å². The van der Waals surface area contributed by atoms with Gasteiger partial charge in [-0.1, -0.05) is 18.2 Å². The maximum Gasteiger partial charge on any atom is 0.315 e. The molecule has 2 amide bonds. The molecule has 1 aromatic rings. The minimum atomic E-state index is -0.0337. The molecule has 1 aromatic carbocycles. The number of urea groups is 1. The molecule has 3 saturated heterocycles. The van der Waals surface area contributed by atoms with E-state index in [0.717, 1.165) is 44.7 Å². The van der Waals surface area contributed by atoms with Gasteiger partial charge in [0.2, 0.25) is 0 Å². The zero-order chi connectivity index (χ0) is 19.1. The third-order valence-corrected chi connectivity index (χ3v) is 7.24. The second-order valence-electron chi connectivity index (χ2n) is 9.34. The maximum absolute atomic E-state index is 12.5. The van der Waals surface area contributed by atoms with Crippen LogP contribution in [-0.2, 0) is 6.54 Å². The Morgan fingerprint density at radius 2 is 1.86 bits per heavy atom. The van der Waals surface area contributed by atoms with E-state index in [1.165, 1.54) is 43.5 Å². The third-order valence-electron chi connectivity index (χ3n) is 7.24. The SMILES string of the molecule is CN1CCN(c2ccccc2CNC(=O)NCC23CC(CN2C2CC2)C3)CC1. The van der Waals surface area contributed by atoms with Crippen LogP contribution in [0, 0.1) is 5.92 Å². The molecule has 3 aliphatic heterocycles. The molecule has 0 aromatic heterocycles. The first-order chi connectivity index (χ1) is 13.6. The van der Waals surface area contributed by atoms with E-state index < -0.39 is 0 Å². The van der Waals surface area contributed by atoms with E-state index in [1.54, 1.807) is 0 Å². The first kappa shape index (κ1) is 18.3. The highest BCUT2D eigenvalue weighted by atomic mass is 16.2. The number of para-hydroxylation sites is 1. The highest BCUT2D eigenvalue weighted by molar-refractivity contribution is 5.74. The number of nitrogens with one attached hydrogen (secondary N) is 2. The molecular weight excluding hydrogens is 350 g/mol. The Hall–Kier alpha value is -1.79. The van der Waals surface area contributed by atoms with Crippen LogP contribution in [0.5, 0.6) is 0 Å². The molecule has 152 valence electrons. The van der Waals surface area contributed by atoms with E-state index >= 15 is 0 Å². The number of hydrogen-bond acceptors (Lipinski definition) is 4. The quantitative estimate of drug-likeness (QED) is 0.787. The van der Waals surface area contributed by atoms with E-state index in [4.69, 9.17) is 0 Å². The number of carbonyl (C=O) groups excluding carboxylic acids is 1.